The Morgan fingerprint density at radius 2 is 1.67 bits per heavy atom. The third-order valence-electron chi connectivity index (χ3n) is 0. The van der Waals surface area contributed by atoms with Gasteiger partial charge < -0.3 is 9.81 Å². The summed E-state index contributed by atoms with van der Waals surface area (Å²) in [6.45, 7) is 1.08. The fourth-order valence-electron chi connectivity index (χ4n) is 0. The Labute approximate surface area is 94.1 Å². The fourth-order valence-corrected chi connectivity index (χ4v) is 0. The standard InChI is InChI=1S/C2H4O2.Cs.FH/c1-2(3)4;;/h1H3,(H,3,4);;1H/q;+1;/p-1. The Balaban J connectivity index is -0.0000000450. The summed E-state index contributed by atoms with van der Waals surface area (Å²) in [6, 6.07) is 0. The molecule has 0 saturated heterocycles. The van der Waals surface area contributed by atoms with Gasteiger partial charge in [-0.15, -0.1) is 0 Å². The van der Waals surface area contributed by atoms with E-state index >= 15 is 0 Å². The van der Waals surface area contributed by atoms with Gasteiger partial charge in [0.05, 0.1) is 0 Å². The summed E-state index contributed by atoms with van der Waals surface area (Å²) < 4.78 is 0. The fraction of sp³-hybridized carbons (Fsp3) is 0.500. The molecule has 0 aliphatic heterocycles. The first-order valence-corrected chi connectivity index (χ1v) is 0.928. The van der Waals surface area contributed by atoms with Gasteiger partial charge in [-0.25, -0.2) is 0 Å². The maximum atomic E-state index is 9.00. The molecule has 0 aromatic rings. The third-order valence-corrected chi connectivity index (χ3v) is 0. The van der Waals surface area contributed by atoms with Gasteiger partial charge in [0.25, 0.3) is 5.97 Å². The van der Waals surface area contributed by atoms with Crippen LogP contribution >= 0.6 is 0 Å². The maximum Gasteiger partial charge on any atom is 1.00 e. The Bertz CT molecular complexity index is 34.5. The molecule has 0 aromatic heterocycles. The summed E-state index contributed by atoms with van der Waals surface area (Å²) in [5, 5.41) is 7.42. The zero-order valence-electron chi connectivity index (χ0n) is 3.73. The molecule has 4 heteroatoms. The molecular formula is C2H4CsFO2. The number of carboxylic acid groups (broad SMARTS) is 1. The van der Waals surface area contributed by atoms with E-state index in [4.69, 9.17) is 9.90 Å². The van der Waals surface area contributed by atoms with Crippen molar-refractivity contribution in [1.29, 1.82) is 0 Å². The van der Waals surface area contributed by atoms with Gasteiger partial charge in [-0.05, 0) is 0 Å². The van der Waals surface area contributed by atoms with Gasteiger partial charge in [-0.2, -0.15) is 0 Å². The minimum Gasteiger partial charge on any atom is -1.00 e. The van der Waals surface area contributed by atoms with Crippen molar-refractivity contribution in [2.24, 2.45) is 0 Å². The van der Waals surface area contributed by atoms with Crippen LogP contribution in [0.25, 0.3) is 0 Å². The zero-order chi connectivity index (χ0) is 3.58. The first-order valence-electron chi connectivity index (χ1n) is 0.928. The van der Waals surface area contributed by atoms with Gasteiger partial charge in [0.2, 0.25) is 0 Å². The molecule has 0 rings (SSSR count). The Morgan fingerprint density at radius 1 is 1.67 bits per heavy atom. The summed E-state index contributed by atoms with van der Waals surface area (Å²) in [5.74, 6) is -0.833. The third kappa shape index (κ3) is 51.3. The molecule has 0 fully saturated rings. The van der Waals surface area contributed by atoms with E-state index in [2.05, 4.69) is 0 Å². The van der Waals surface area contributed by atoms with Crippen molar-refractivity contribution >= 4 is 5.97 Å². The first-order chi connectivity index (χ1) is 1.73. The Kier molecular flexibility index (Phi) is 25.2. The summed E-state index contributed by atoms with van der Waals surface area (Å²) in [5.41, 5.74) is 0. The number of carbonyl (C=O) groups is 1. The van der Waals surface area contributed by atoms with Crippen molar-refractivity contribution in [3.63, 3.8) is 0 Å². The van der Waals surface area contributed by atoms with Crippen LogP contribution in [0, 0.1) is 0 Å². The molecule has 0 unspecified atom stereocenters. The summed E-state index contributed by atoms with van der Waals surface area (Å²) in [6.07, 6.45) is 0. The smallest absolute Gasteiger partial charge is 1.00 e. The second kappa shape index (κ2) is 9.68. The van der Waals surface area contributed by atoms with Crippen LogP contribution in [-0.2, 0) is 4.79 Å². The number of halogens is 1. The van der Waals surface area contributed by atoms with Gasteiger partial charge >= 0.3 is 68.9 Å². The second-order valence-electron chi connectivity index (χ2n) is 0.519. The summed E-state index contributed by atoms with van der Waals surface area (Å²) >= 11 is 0. The SMILES string of the molecule is CC(=O)O.[Cs+].[F-]. The van der Waals surface area contributed by atoms with Crippen molar-refractivity contribution in [3.8, 4) is 0 Å². The predicted molar refractivity (Wildman–Crippen MR) is 13.3 cm³/mol. The van der Waals surface area contributed by atoms with E-state index in [1.165, 1.54) is 0 Å². The van der Waals surface area contributed by atoms with Crippen molar-refractivity contribution < 1.29 is 83.5 Å². The normalized spacial score (nSPS) is 4.17. The topological polar surface area (TPSA) is 37.3 Å². The van der Waals surface area contributed by atoms with Crippen molar-refractivity contribution in [2.45, 2.75) is 6.92 Å². The predicted octanol–water partition coefficient (Wildman–Crippen LogP) is -5.90. The van der Waals surface area contributed by atoms with Gasteiger partial charge in [0.1, 0.15) is 0 Å². The van der Waals surface area contributed by atoms with Crippen LogP contribution < -0.4 is 73.6 Å². The molecule has 0 amide bonds. The molecule has 0 atom stereocenters. The van der Waals surface area contributed by atoms with Crippen molar-refractivity contribution in [2.75, 3.05) is 0 Å². The van der Waals surface area contributed by atoms with E-state index in [0.717, 1.165) is 6.92 Å². The summed E-state index contributed by atoms with van der Waals surface area (Å²) in [7, 11) is 0. The minimum absolute atomic E-state index is 0. The molecule has 0 saturated carbocycles. The van der Waals surface area contributed by atoms with Crippen LogP contribution in [0.4, 0.5) is 0 Å². The van der Waals surface area contributed by atoms with Crippen molar-refractivity contribution in [3.05, 3.63) is 0 Å². The van der Waals surface area contributed by atoms with Crippen LogP contribution in [0.3, 0.4) is 0 Å². The molecule has 1 N–H and O–H groups in total. The van der Waals surface area contributed by atoms with Gasteiger partial charge in [-0.3, -0.25) is 4.79 Å². The molecule has 0 aromatic carbocycles. The molecule has 0 heterocycles. The van der Waals surface area contributed by atoms with Gasteiger partial charge in [0, 0.05) is 6.92 Å². The van der Waals surface area contributed by atoms with E-state index in [1.54, 1.807) is 0 Å². The van der Waals surface area contributed by atoms with Crippen LogP contribution in [0.1, 0.15) is 6.92 Å². The maximum absolute atomic E-state index is 9.00. The van der Waals surface area contributed by atoms with Crippen LogP contribution in [0.15, 0.2) is 0 Å². The Hall–Kier alpha value is 1.45. The largest absolute Gasteiger partial charge is 1.00 e. The second-order valence-corrected chi connectivity index (χ2v) is 0.519. The van der Waals surface area contributed by atoms with Crippen molar-refractivity contribution in [1.82, 2.24) is 0 Å². The molecule has 0 radical (unpaired) electrons. The molecule has 0 aliphatic carbocycles. The van der Waals surface area contributed by atoms with Gasteiger partial charge in [-0.1, -0.05) is 0 Å². The molecule has 0 spiro atoms. The minimum atomic E-state index is -0.833. The van der Waals surface area contributed by atoms with Crippen LogP contribution in [0.5, 0.6) is 0 Å². The van der Waals surface area contributed by atoms with E-state index in [-0.39, 0.29) is 73.6 Å². The zero-order valence-corrected chi connectivity index (χ0v) is 10.0. The molecule has 32 valence electrons. The molecule has 0 bridgehead atoms. The first kappa shape index (κ1) is 15.7. The number of aliphatic carboxylic acids is 1. The average molecular weight is 212 g/mol. The molecular weight excluding hydrogens is 208 g/mol. The molecule has 0 aliphatic rings. The summed E-state index contributed by atoms with van der Waals surface area (Å²) in [4.78, 5) is 9.00. The average Bonchev–Trinajstić information content (AvgIpc) is 0.811. The number of hydrogen-bond acceptors (Lipinski definition) is 1. The molecule has 2 nitrogen and oxygen atoms in total. The van der Waals surface area contributed by atoms with Crippen LogP contribution in [-0.4, -0.2) is 11.1 Å². The van der Waals surface area contributed by atoms with E-state index < -0.39 is 5.97 Å². The monoisotopic (exact) mass is 212 g/mol. The van der Waals surface area contributed by atoms with E-state index in [0.29, 0.717) is 0 Å². The van der Waals surface area contributed by atoms with Gasteiger partial charge in [0.15, 0.2) is 0 Å². The number of hydrogen-bond donors (Lipinski definition) is 1. The van der Waals surface area contributed by atoms with E-state index in [1.807, 2.05) is 0 Å². The molecule has 6 heavy (non-hydrogen) atoms. The van der Waals surface area contributed by atoms with E-state index in [9.17, 15) is 0 Å². The quantitative estimate of drug-likeness (QED) is 0.434. The Morgan fingerprint density at radius 3 is 1.67 bits per heavy atom. The van der Waals surface area contributed by atoms with Crippen LogP contribution in [0.2, 0.25) is 0 Å². The number of carboxylic acids is 1. The number of rotatable bonds is 0.